The van der Waals surface area contributed by atoms with Gasteiger partial charge in [0.2, 0.25) is 0 Å². The number of rotatable bonds is 1. The molecule has 14 heavy (non-hydrogen) atoms. The number of phenolic OH excluding ortho intramolecular Hbond substituents is 1. The number of hydrogen-bond donors (Lipinski definition) is 2. The highest BCUT2D eigenvalue weighted by Crippen LogP contribution is 2.25. The Morgan fingerprint density at radius 3 is 2.79 bits per heavy atom. The molecule has 0 aliphatic rings. The van der Waals surface area contributed by atoms with Crippen molar-refractivity contribution in [1.29, 1.82) is 0 Å². The van der Waals surface area contributed by atoms with Crippen molar-refractivity contribution in [1.82, 2.24) is 4.98 Å². The van der Waals surface area contributed by atoms with E-state index in [1.165, 1.54) is 18.3 Å². The number of fused-ring (bicyclic) bond motifs is 1. The highest BCUT2D eigenvalue weighted by molar-refractivity contribution is 6.04. The second kappa shape index (κ2) is 2.99. The third kappa shape index (κ3) is 1.17. The summed E-state index contributed by atoms with van der Waals surface area (Å²) in [5.41, 5.74) is 0.540. The Bertz CT molecular complexity index is 502. The van der Waals surface area contributed by atoms with Crippen molar-refractivity contribution in [3.63, 3.8) is 0 Å². The zero-order valence-electron chi connectivity index (χ0n) is 7.14. The molecule has 4 nitrogen and oxygen atoms in total. The predicted molar refractivity (Wildman–Crippen MR) is 50.4 cm³/mol. The summed E-state index contributed by atoms with van der Waals surface area (Å²) in [4.78, 5) is 14.8. The molecule has 2 rings (SSSR count). The molecule has 2 N–H and O–H groups in total. The number of carboxylic acid groups (broad SMARTS) is 1. The maximum absolute atomic E-state index is 10.8. The number of hydrogen-bond acceptors (Lipinski definition) is 3. The molecule has 0 unspecified atom stereocenters. The van der Waals surface area contributed by atoms with E-state index in [1.54, 1.807) is 12.1 Å². The molecule has 0 spiro atoms. The molecular formula is C10H7NO3. The van der Waals surface area contributed by atoms with Gasteiger partial charge >= 0.3 is 5.97 Å². The molecule has 0 aliphatic carbocycles. The maximum Gasteiger partial charge on any atom is 0.336 e. The molecule has 2 aromatic rings. The van der Waals surface area contributed by atoms with E-state index in [1.807, 2.05) is 0 Å². The number of aromatic carboxylic acids is 1. The monoisotopic (exact) mass is 189 g/mol. The third-order valence-corrected chi connectivity index (χ3v) is 1.98. The summed E-state index contributed by atoms with van der Waals surface area (Å²) in [6.45, 7) is 0. The molecule has 0 saturated heterocycles. The summed E-state index contributed by atoms with van der Waals surface area (Å²) >= 11 is 0. The Morgan fingerprint density at radius 2 is 2.07 bits per heavy atom. The number of carbonyl (C=O) groups is 1. The molecule has 0 radical (unpaired) electrons. The molecule has 0 bridgehead atoms. The van der Waals surface area contributed by atoms with Crippen molar-refractivity contribution in [2.45, 2.75) is 0 Å². The lowest BCUT2D eigenvalue weighted by atomic mass is 10.1. The second-order valence-electron chi connectivity index (χ2n) is 2.83. The lowest BCUT2D eigenvalue weighted by Gasteiger charge is -2.02. The molecule has 0 atom stereocenters. The number of aromatic nitrogens is 1. The van der Waals surface area contributed by atoms with Gasteiger partial charge in [0, 0.05) is 6.20 Å². The van der Waals surface area contributed by atoms with Crippen molar-refractivity contribution >= 4 is 16.9 Å². The summed E-state index contributed by atoms with van der Waals surface area (Å²) in [5, 5.41) is 18.6. The van der Waals surface area contributed by atoms with Gasteiger partial charge in [-0.15, -0.1) is 0 Å². The first-order chi connectivity index (χ1) is 6.70. The van der Waals surface area contributed by atoms with Crippen molar-refractivity contribution in [3.05, 3.63) is 36.0 Å². The number of nitrogens with zero attached hydrogens (tertiary/aromatic N) is 1. The molecule has 0 amide bonds. The number of carboxylic acids is 1. The van der Waals surface area contributed by atoms with Gasteiger partial charge in [-0.2, -0.15) is 0 Å². The Labute approximate surface area is 79.4 Å². The first kappa shape index (κ1) is 8.50. The molecule has 1 heterocycles. The summed E-state index contributed by atoms with van der Waals surface area (Å²) in [7, 11) is 0. The van der Waals surface area contributed by atoms with Crippen LogP contribution >= 0.6 is 0 Å². The normalized spacial score (nSPS) is 10.3. The average Bonchev–Trinajstić information content (AvgIpc) is 2.17. The van der Waals surface area contributed by atoms with Crippen LogP contribution in [0.15, 0.2) is 30.5 Å². The van der Waals surface area contributed by atoms with Gasteiger partial charge in [0.1, 0.15) is 5.75 Å². The number of aromatic hydroxyl groups is 1. The first-order valence-electron chi connectivity index (χ1n) is 4.00. The Balaban J connectivity index is 2.91. The minimum Gasteiger partial charge on any atom is -0.507 e. The first-order valence-corrected chi connectivity index (χ1v) is 4.00. The van der Waals surface area contributed by atoms with Crippen molar-refractivity contribution in [2.75, 3.05) is 0 Å². The molecule has 0 fully saturated rings. The van der Waals surface area contributed by atoms with Gasteiger partial charge in [-0.05, 0) is 18.2 Å². The van der Waals surface area contributed by atoms with E-state index < -0.39 is 5.97 Å². The quantitative estimate of drug-likeness (QED) is 0.715. The van der Waals surface area contributed by atoms with Gasteiger partial charge in [0.25, 0.3) is 0 Å². The van der Waals surface area contributed by atoms with Crippen LogP contribution in [0, 0.1) is 0 Å². The van der Waals surface area contributed by atoms with Crippen LogP contribution in [0.5, 0.6) is 5.75 Å². The second-order valence-corrected chi connectivity index (χ2v) is 2.83. The average molecular weight is 189 g/mol. The molecule has 70 valence electrons. The lowest BCUT2D eigenvalue weighted by Crippen LogP contribution is -1.98. The number of pyridine rings is 1. The Kier molecular flexibility index (Phi) is 1.81. The summed E-state index contributed by atoms with van der Waals surface area (Å²) in [6.07, 6.45) is 1.41. The van der Waals surface area contributed by atoms with E-state index in [0.717, 1.165) is 0 Å². The fourth-order valence-electron chi connectivity index (χ4n) is 1.37. The highest BCUT2D eigenvalue weighted by atomic mass is 16.4. The van der Waals surface area contributed by atoms with Crippen LogP contribution in [-0.2, 0) is 0 Å². The van der Waals surface area contributed by atoms with Crippen LogP contribution in [0.4, 0.5) is 0 Å². The minimum atomic E-state index is -1.07. The SMILES string of the molecule is O=C(O)c1ccnc2cccc(O)c12. The van der Waals surface area contributed by atoms with Crippen LogP contribution in [0.3, 0.4) is 0 Å². The Morgan fingerprint density at radius 1 is 1.29 bits per heavy atom. The third-order valence-electron chi connectivity index (χ3n) is 1.98. The van der Waals surface area contributed by atoms with Crippen LogP contribution in [-0.4, -0.2) is 21.2 Å². The molecule has 1 aromatic heterocycles. The van der Waals surface area contributed by atoms with Gasteiger partial charge in [-0.25, -0.2) is 4.79 Å². The standard InChI is InChI=1S/C10H7NO3/c12-8-3-1-2-7-9(8)6(10(13)14)4-5-11-7/h1-5,12H,(H,13,14). The van der Waals surface area contributed by atoms with Gasteiger partial charge < -0.3 is 10.2 Å². The van der Waals surface area contributed by atoms with E-state index in [9.17, 15) is 9.90 Å². The zero-order chi connectivity index (χ0) is 10.1. The largest absolute Gasteiger partial charge is 0.507 e. The predicted octanol–water partition coefficient (Wildman–Crippen LogP) is 1.64. The summed E-state index contributed by atoms with van der Waals surface area (Å²) in [6, 6.07) is 6.08. The molecule has 1 aromatic carbocycles. The van der Waals surface area contributed by atoms with E-state index in [-0.39, 0.29) is 16.7 Å². The summed E-state index contributed by atoms with van der Waals surface area (Å²) < 4.78 is 0. The smallest absolute Gasteiger partial charge is 0.336 e. The molecular weight excluding hydrogens is 182 g/mol. The van der Waals surface area contributed by atoms with Crippen LogP contribution in [0.1, 0.15) is 10.4 Å². The van der Waals surface area contributed by atoms with Crippen molar-refractivity contribution < 1.29 is 15.0 Å². The van der Waals surface area contributed by atoms with E-state index in [4.69, 9.17) is 5.11 Å². The van der Waals surface area contributed by atoms with Crippen LogP contribution in [0.25, 0.3) is 10.9 Å². The van der Waals surface area contributed by atoms with Crippen molar-refractivity contribution in [3.8, 4) is 5.75 Å². The van der Waals surface area contributed by atoms with Gasteiger partial charge in [0.15, 0.2) is 0 Å². The number of benzene rings is 1. The van der Waals surface area contributed by atoms with Gasteiger partial charge in [-0.3, -0.25) is 4.98 Å². The molecule has 0 saturated carbocycles. The molecule has 0 aliphatic heterocycles. The zero-order valence-corrected chi connectivity index (χ0v) is 7.14. The van der Waals surface area contributed by atoms with Crippen LogP contribution < -0.4 is 0 Å². The molecule has 4 heteroatoms. The lowest BCUT2D eigenvalue weighted by molar-refractivity contribution is 0.0698. The highest BCUT2D eigenvalue weighted by Gasteiger charge is 2.11. The summed E-state index contributed by atoms with van der Waals surface area (Å²) in [5.74, 6) is -1.13. The fourth-order valence-corrected chi connectivity index (χ4v) is 1.37. The maximum atomic E-state index is 10.8. The van der Waals surface area contributed by atoms with Crippen molar-refractivity contribution in [2.24, 2.45) is 0 Å². The minimum absolute atomic E-state index is 0.0620. The topological polar surface area (TPSA) is 70.4 Å². The van der Waals surface area contributed by atoms with Gasteiger partial charge in [-0.1, -0.05) is 6.07 Å². The Hall–Kier alpha value is -2.10. The van der Waals surface area contributed by atoms with E-state index in [2.05, 4.69) is 4.98 Å². The number of phenols is 1. The van der Waals surface area contributed by atoms with E-state index in [0.29, 0.717) is 5.52 Å². The van der Waals surface area contributed by atoms with Crippen LogP contribution in [0.2, 0.25) is 0 Å². The van der Waals surface area contributed by atoms with Gasteiger partial charge in [0.05, 0.1) is 16.5 Å². The fraction of sp³-hybridized carbons (Fsp3) is 0. The van der Waals surface area contributed by atoms with E-state index >= 15 is 0 Å².